The lowest BCUT2D eigenvalue weighted by Gasteiger charge is -2.21. The van der Waals surface area contributed by atoms with Crippen molar-refractivity contribution < 1.29 is 35.9 Å². The van der Waals surface area contributed by atoms with Gasteiger partial charge >= 0.3 is 12.4 Å². The summed E-state index contributed by atoms with van der Waals surface area (Å²) in [6, 6.07) is 8.62. The Kier molecular flexibility index (Phi) is 8.03. The molecule has 11 heteroatoms. The summed E-state index contributed by atoms with van der Waals surface area (Å²) >= 11 is 0. The second-order valence-electron chi connectivity index (χ2n) is 6.45. The van der Waals surface area contributed by atoms with E-state index >= 15 is 0 Å². The second-order valence-corrected chi connectivity index (χ2v) is 6.45. The van der Waals surface area contributed by atoms with Crippen molar-refractivity contribution in [3.05, 3.63) is 71.3 Å². The third-order valence-electron chi connectivity index (χ3n) is 4.13. The Morgan fingerprint density at radius 2 is 1.39 bits per heavy atom. The van der Waals surface area contributed by atoms with Crippen molar-refractivity contribution in [3.8, 4) is 0 Å². The van der Waals surface area contributed by atoms with Crippen molar-refractivity contribution in [3.63, 3.8) is 0 Å². The molecule has 0 aliphatic carbocycles. The fraction of sp³-hybridized carbons (Fsp3) is 0.300. The van der Waals surface area contributed by atoms with Gasteiger partial charge in [0.2, 0.25) is 5.91 Å². The van der Waals surface area contributed by atoms with Gasteiger partial charge in [0.25, 0.3) is 5.91 Å². The van der Waals surface area contributed by atoms with Crippen LogP contribution in [0.4, 0.5) is 26.3 Å². The van der Waals surface area contributed by atoms with Gasteiger partial charge in [-0.2, -0.15) is 26.3 Å². The summed E-state index contributed by atoms with van der Waals surface area (Å²) < 4.78 is 77.1. The van der Waals surface area contributed by atoms with Crippen molar-refractivity contribution in [1.82, 2.24) is 16.0 Å². The molecule has 2 rings (SSSR count). The number of rotatable bonds is 8. The average molecular weight is 447 g/mol. The van der Waals surface area contributed by atoms with Crippen LogP contribution in [0.25, 0.3) is 0 Å². The first-order valence-corrected chi connectivity index (χ1v) is 9.05. The Morgan fingerprint density at radius 3 is 1.94 bits per heavy atom. The van der Waals surface area contributed by atoms with Gasteiger partial charge in [-0.3, -0.25) is 14.9 Å². The van der Waals surface area contributed by atoms with Crippen LogP contribution in [0.3, 0.4) is 0 Å². The van der Waals surface area contributed by atoms with Crippen LogP contribution in [0.5, 0.6) is 0 Å². The Balaban J connectivity index is 1.76. The van der Waals surface area contributed by atoms with Crippen LogP contribution >= 0.6 is 0 Å². The maximum absolute atomic E-state index is 13.2. The molecule has 0 heterocycles. The Bertz CT molecular complexity index is 867. The standard InChI is InChI=1S/C20H19F6N3O2/c21-19(22,23)15-8-6-14(7-9-15)18(31)28-11-10-27-16(30)12-29-17(20(24,25)26)13-4-2-1-3-5-13/h1-9,17,29H,10-12H2,(H,27,30)(H,28,31). The van der Waals surface area contributed by atoms with E-state index in [-0.39, 0.29) is 24.2 Å². The topological polar surface area (TPSA) is 70.2 Å². The number of nitrogens with one attached hydrogen (secondary N) is 3. The van der Waals surface area contributed by atoms with Gasteiger partial charge in [0.15, 0.2) is 0 Å². The van der Waals surface area contributed by atoms with Gasteiger partial charge in [-0.05, 0) is 29.8 Å². The normalized spacial score (nSPS) is 12.8. The number of benzene rings is 2. The SMILES string of the molecule is O=C(CNC(c1ccccc1)C(F)(F)F)NCCNC(=O)c1ccc(C(F)(F)F)cc1. The molecule has 3 N–H and O–H groups in total. The van der Waals surface area contributed by atoms with Crippen LogP contribution < -0.4 is 16.0 Å². The quantitative estimate of drug-likeness (QED) is 0.429. The number of carbonyl (C=O) groups is 2. The highest BCUT2D eigenvalue weighted by Crippen LogP contribution is 2.32. The first kappa shape index (κ1) is 24.2. The molecule has 1 unspecified atom stereocenters. The summed E-state index contributed by atoms with van der Waals surface area (Å²) in [4.78, 5) is 23.7. The lowest BCUT2D eigenvalue weighted by atomic mass is 10.1. The van der Waals surface area contributed by atoms with E-state index in [4.69, 9.17) is 0 Å². The highest BCUT2D eigenvalue weighted by Gasteiger charge is 2.40. The Hall–Kier alpha value is -3.08. The van der Waals surface area contributed by atoms with Crippen LogP contribution in [-0.2, 0) is 11.0 Å². The Morgan fingerprint density at radius 1 is 0.806 bits per heavy atom. The molecule has 2 amide bonds. The average Bonchev–Trinajstić information content (AvgIpc) is 2.70. The molecule has 0 aromatic heterocycles. The van der Waals surface area contributed by atoms with E-state index in [9.17, 15) is 35.9 Å². The van der Waals surface area contributed by atoms with E-state index in [2.05, 4.69) is 16.0 Å². The predicted octanol–water partition coefficient (Wildman–Crippen LogP) is 3.44. The first-order chi connectivity index (χ1) is 14.5. The molecule has 2 aromatic carbocycles. The predicted molar refractivity (Wildman–Crippen MR) is 100 cm³/mol. The maximum Gasteiger partial charge on any atom is 0.416 e. The summed E-state index contributed by atoms with van der Waals surface area (Å²) in [5.74, 6) is -1.36. The van der Waals surface area contributed by atoms with Crippen molar-refractivity contribution in [2.24, 2.45) is 0 Å². The minimum Gasteiger partial charge on any atom is -0.353 e. The van der Waals surface area contributed by atoms with Crippen LogP contribution in [0.15, 0.2) is 54.6 Å². The Labute approximate surface area is 173 Å². The molecule has 31 heavy (non-hydrogen) atoms. The second kappa shape index (κ2) is 10.3. The molecule has 0 spiro atoms. The minimum absolute atomic E-state index is 0.00290. The van der Waals surface area contributed by atoms with Gasteiger partial charge in [0, 0.05) is 18.7 Å². The molecule has 168 valence electrons. The monoisotopic (exact) mass is 447 g/mol. The van der Waals surface area contributed by atoms with Crippen LogP contribution in [0, 0.1) is 0 Å². The fourth-order valence-electron chi connectivity index (χ4n) is 2.62. The molecule has 0 saturated heterocycles. The van der Waals surface area contributed by atoms with Gasteiger partial charge in [0.1, 0.15) is 6.04 Å². The summed E-state index contributed by atoms with van der Waals surface area (Å²) in [5, 5.41) is 6.89. The number of hydrogen-bond acceptors (Lipinski definition) is 3. The first-order valence-electron chi connectivity index (χ1n) is 9.05. The third kappa shape index (κ3) is 7.59. The number of carbonyl (C=O) groups excluding carboxylic acids is 2. The van der Waals surface area contributed by atoms with E-state index in [0.29, 0.717) is 0 Å². The number of amides is 2. The van der Waals surface area contributed by atoms with Gasteiger partial charge in [0.05, 0.1) is 12.1 Å². The molecule has 5 nitrogen and oxygen atoms in total. The molecule has 0 saturated carbocycles. The van der Waals surface area contributed by atoms with E-state index in [1.165, 1.54) is 24.3 Å². The number of alkyl halides is 6. The maximum atomic E-state index is 13.2. The summed E-state index contributed by atoms with van der Waals surface area (Å²) in [6.45, 7) is -0.742. The molecule has 2 aromatic rings. The van der Waals surface area contributed by atoms with Crippen molar-refractivity contribution in [2.75, 3.05) is 19.6 Å². The summed E-state index contributed by atoms with van der Waals surface area (Å²) in [7, 11) is 0. The highest BCUT2D eigenvalue weighted by molar-refractivity contribution is 5.94. The smallest absolute Gasteiger partial charge is 0.353 e. The van der Waals surface area contributed by atoms with Crippen molar-refractivity contribution in [1.29, 1.82) is 0 Å². The fourth-order valence-corrected chi connectivity index (χ4v) is 2.62. The lowest BCUT2D eigenvalue weighted by molar-refractivity contribution is -0.158. The van der Waals surface area contributed by atoms with Gasteiger partial charge in [-0.15, -0.1) is 0 Å². The summed E-state index contributed by atoms with van der Waals surface area (Å²) in [5.41, 5.74) is -0.931. The molecule has 1 atom stereocenters. The lowest BCUT2D eigenvalue weighted by Crippen LogP contribution is -2.42. The molecule has 0 fully saturated rings. The largest absolute Gasteiger partial charge is 0.416 e. The molecule has 0 aliphatic rings. The van der Waals surface area contributed by atoms with E-state index < -0.39 is 42.3 Å². The zero-order chi connectivity index (χ0) is 23.1. The van der Waals surface area contributed by atoms with Crippen molar-refractivity contribution in [2.45, 2.75) is 18.4 Å². The highest BCUT2D eigenvalue weighted by atomic mass is 19.4. The summed E-state index contributed by atoms with van der Waals surface area (Å²) in [6.07, 6.45) is -9.11. The zero-order valence-electron chi connectivity index (χ0n) is 16.0. The van der Waals surface area contributed by atoms with Gasteiger partial charge < -0.3 is 10.6 Å². The number of hydrogen-bond donors (Lipinski definition) is 3. The minimum atomic E-state index is -4.60. The van der Waals surface area contributed by atoms with Gasteiger partial charge in [-0.25, -0.2) is 0 Å². The van der Waals surface area contributed by atoms with Crippen LogP contribution in [-0.4, -0.2) is 37.6 Å². The van der Waals surface area contributed by atoms with E-state index in [1.54, 1.807) is 6.07 Å². The van der Waals surface area contributed by atoms with Gasteiger partial charge in [-0.1, -0.05) is 30.3 Å². The number of halogens is 6. The van der Waals surface area contributed by atoms with Crippen LogP contribution in [0.2, 0.25) is 0 Å². The van der Waals surface area contributed by atoms with E-state index in [1.807, 2.05) is 0 Å². The van der Waals surface area contributed by atoms with E-state index in [0.717, 1.165) is 24.3 Å². The molecular weight excluding hydrogens is 428 g/mol. The third-order valence-corrected chi connectivity index (χ3v) is 4.13. The zero-order valence-corrected chi connectivity index (χ0v) is 16.0. The molecule has 0 aliphatic heterocycles. The molecule has 0 radical (unpaired) electrons. The van der Waals surface area contributed by atoms with Crippen molar-refractivity contribution >= 4 is 11.8 Å². The molecular formula is C20H19F6N3O2. The molecule has 0 bridgehead atoms. The van der Waals surface area contributed by atoms with Crippen LogP contribution in [0.1, 0.15) is 27.5 Å².